The first-order valence-electron chi connectivity index (χ1n) is 11.1. The first-order valence-corrected chi connectivity index (χ1v) is 13.8. The van der Waals surface area contributed by atoms with E-state index in [4.69, 9.17) is 4.42 Å². The first-order chi connectivity index (χ1) is 17.2. The number of rotatable bonds is 4. The molecular formula is C29H24O5S2. The lowest BCUT2D eigenvalue weighted by Gasteiger charge is -2.11. The molecule has 5 rings (SSSR count). The zero-order valence-electron chi connectivity index (χ0n) is 19.8. The van der Waals surface area contributed by atoms with Crippen LogP contribution in [0.2, 0.25) is 0 Å². The maximum absolute atomic E-state index is 11.6. The monoisotopic (exact) mass is 516 g/mol. The van der Waals surface area contributed by atoms with Crippen LogP contribution in [0, 0.1) is 13.8 Å². The van der Waals surface area contributed by atoms with Crippen LogP contribution in [0.15, 0.2) is 138 Å². The van der Waals surface area contributed by atoms with Crippen molar-refractivity contribution in [2.75, 3.05) is 0 Å². The summed E-state index contributed by atoms with van der Waals surface area (Å²) in [6.45, 7) is 3.70. The van der Waals surface area contributed by atoms with E-state index in [-0.39, 0.29) is 21.4 Å². The molecule has 0 amide bonds. The zero-order valence-corrected chi connectivity index (χ0v) is 21.4. The molecule has 0 aliphatic heterocycles. The van der Waals surface area contributed by atoms with E-state index in [2.05, 4.69) is 61.5 Å². The third kappa shape index (κ3) is 5.94. The van der Waals surface area contributed by atoms with E-state index >= 15 is 0 Å². The Labute approximate surface area is 213 Å². The van der Waals surface area contributed by atoms with E-state index in [1.165, 1.54) is 38.4 Å². The van der Waals surface area contributed by atoms with Gasteiger partial charge < -0.3 is 8.97 Å². The molecule has 0 saturated heterocycles. The third-order valence-electron chi connectivity index (χ3n) is 5.46. The van der Waals surface area contributed by atoms with Gasteiger partial charge in [-0.15, -0.1) is 0 Å². The van der Waals surface area contributed by atoms with E-state index in [0.29, 0.717) is 11.1 Å². The lowest BCUT2D eigenvalue weighted by Crippen LogP contribution is -2.07. The number of benzene rings is 4. The normalized spacial score (nSPS) is 11.2. The quantitative estimate of drug-likeness (QED) is 0.164. The van der Waals surface area contributed by atoms with Crippen LogP contribution in [0.25, 0.3) is 11.0 Å². The molecule has 1 heterocycles. The molecule has 0 spiro atoms. The van der Waals surface area contributed by atoms with Crippen molar-refractivity contribution in [3.8, 4) is 0 Å². The zero-order chi connectivity index (χ0) is 25.7. The highest BCUT2D eigenvalue weighted by molar-refractivity contribution is 7.97. The van der Waals surface area contributed by atoms with Crippen LogP contribution in [-0.4, -0.2) is 13.0 Å². The average molecular weight is 517 g/mol. The van der Waals surface area contributed by atoms with Crippen LogP contribution in [0.4, 0.5) is 0 Å². The highest BCUT2D eigenvalue weighted by Crippen LogP contribution is 2.34. The summed E-state index contributed by atoms with van der Waals surface area (Å²) in [6, 6.07) is 34.4. The van der Waals surface area contributed by atoms with Crippen molar-refractivity contribution in [1.82, 2.24) is 0 Å². The smallest absolute Gasteiger partial charge is 0.336 e. The molecule has 182 valence electrons. The Kier molecular flexibility index (Phi) is 7.74. The molecule has 4 aromatic carbocycles. The Morgan fingerprint density at radius 1 is 0.694 bits per heavy atom. The van der Waals surface area contributed by atoms with Crippen LogP contribution in [0.1, 0.15) is 11.1 Å². The second-order valence-corrected chi connectivity index (χ2v) is 11.4. The Bertz CT molecular complexity index is 1600. The standard InChI is InChI=1S/C22H17O2S.C7H8O3S/c1-16-14-17-12-13-22(23)24-20(17)15-21(16)25(18-8-4-2-5-9-18)19-10-6-3-7-11-19;1-6-4-2-3-5-7(6)11(8,9)10/h2-15H,1H3;2-5H,1H3,(H,8,9,10)/q+1;/p-1. The molecule has 5 aromatic rings. The molecule has 5 nitrogen and oxygen atoms in total. The number of aryl methyl sites for hydroxylation is 2. The summed E-state index contributed by atoms with van der Waals surface area (Å²) in [7, 11) is -4.53. The largest absolute Gasteiger partial charge is 0.744 e. The van der Waals surface area contributed by atoms with E-state index in [1.807, 2.05) is 24.3 Å². The fourth-order valence-corrected chi connectivity index (χ4v) is 6.72. The van der Waals surface area contributed by atoms with Crippen molar-refractivity contribution in [3.63, 3.8) is 0 Å². The van der Waals surface area contributed by atoms with Crippen LogP contribution in [0.3, 0.4) is 0 Å². The van der Waals surface area contributed by atoms with Gasteiger partial charge in [-0.1, -0.05) is 54.6 Å². The summed E-state index contributed by atoms with van der Waals surface area (Å²) >= 11 is 0. The maximum Gasteiger partial charge on any atom is 0.336 e. The molecule has 0 aliphatic carbocycles. The number of fused-ring (bicyclic) bond motifs is 1. The molecule has 7 heteroatoms. The first kappa shape index (κ1) is 25.4. The van der Waals surface area contributed by atoms with Crippen molar-refractivity contribution in [2.45, 2.75) is 33.4 Å². The summed E-state index contributed by atoms with van der Waals surface area (Å²) in [5, 5.41) is 0.950. The minimum absolute atomic E-state index is 0.139. The predicted molar refractivity (Wildman–Crippen MR) is 141 cm³/mol. The molecular weight excluding hydrogens is 492 g/mol. The van der Waals surface area contributed by atoms with Gasteiger partial charge in [-0.2, -0.15) is 0 Å². The molecule has 0 fully saturated rings. The molecule has 0 radical (unpaired) electrons. The number of hydrogen-bond acceptors (Lipinski definition) is 5. The minimum Gasteiger partial charge on any atom is -0.744 e. The van der Waals surface area contributed by atoms with Crippen molar-refractivity contribution in [1.29, 1.82) is 0 Å². The van der Waals surface area contributed by atoms with Crippen LogP contribution >= 0.6 is 0 Å². The minimum atomic E-state index is -4.28. The van der Waals surface area contributed by atoms with E-state index < -0.39 is 10.1 Å². The Morgan fingerprint density at radius 2 is 1.25 bits per heavy atom. The fourth-order valence-electron chi connectivity index (χ4n) is 3.77. The van der Waals surface area contributed by atoms with Crippen LogP contribution in [-0.2, 0) is 21.0 Å². The second-order valence-electron chi connectivity index (χ2n) is 8.06. The summed E-state index contributed by atoms with van der Waals surface area (Å²) in [5.74, 6) is 0. The second kappa shape index (κ2) is 11.0. The van der Waals surface area contributed by atoms with Crippen molar-refractivity contribution in [3.05, 3.63) is 131 Å². The van der Waals surface area contributed by atoms with Gasteiger partial charge in [0.2, 0.25) is 0 Å². The van der Waals surface area contributed by atoms with Gasteiger partial charge in [0.05, 0.1) is 15.8 Å². The maximum atomic E-state index is 11.6. The van der Waals surface area contributed by atoms with Crippen molar-refractivity contribution in [2.24, 2.45) is 0 Å². The molecule has 0 unspecified atom stereocenters. The Morgan fingerprint density at radius 3 is 1.78 bits per heavy atom. The van der Waals surface area contributed by atoms with Gasteiger partial charge in [-0.3, -0.25) is 0 Å². The summed E-state index contributed by atoms with van der Waals surface area (Å²) < 4.78 is 36.9. The summed E-state index contributed by atoms with van der Waals surface area (Å²) in [5.41, 5.74) is 2.00. The Balaban J connectivity index is 0.000000233. The lowest BCUT2D eigenvalue weighted by molar-refractivity contribution is 0.462. The van der Waals surface area contributed by atoms with Gasteiger partial charge in [0, 0.05) is 23.1 Å². The molecule has 0 aliphatic rings. The molecule has 1 aromatic heterocycles. The van der Waals surface area contributed by atoms with Gasteiger partial charge in [-0.25, -0.2) is 13.2 Å². The summed E-state index contributed by atoms with van der Waals surface area (Å²) in [4.78, 5) is 15.2. The lowest BCUT2D eigenvalue weighted by atomic mass is 10.1. The average Bonchev–Trinajstić information content (AvgIpc) is 2.86. The highest BCUT2D eigenvalue weighted by atomic mass is 32.2. The SMILES string of the molecule is Cc1cc2ccc(=O)oc2cc1[S+](c1ccccc1)c1ccccc1.Cc1ccccc1S(=O)(=O)[O-]. The van der Waals surface area contributed by atoms with Crippen LogP contribution < -0.4 is 5.63 Å². The highest BCUT2D eigenvalue weighted by Gasteiger charge is 2.30. The number of hydrogen-bond donors (Lipinski definition) is 0. The van der Waals surface area contributed by atoms with E-state index in [0.717, 1.165) is 5.39 Å². The molecule has 0 bridgehead atoms. The van der Waals surface area contributed by atoms with Crippen molar-refractivity contribution >= 4 is 32.0 Å². The summed E-state index contributed by atoms with van der Waals surface area (Å²) in [6.07, 6.45) is 0. The van der Waals surface area contributed by atoms with E-state index in [9.17, 15) is 17.8 Å². The van der Waals surface area contributed by atoms with Gasteiger partial charge >= 0.3 is 5.63 Å². The molecule has 0 saturated carbocycles. The van der Waals surface area contributed by atoms with Gasteiger partial charge in [0.1, 0.15) is 15.7 Å². The fraction of sp³-hybridized carbons (Fsp3) is 0.0690. The van der Waals surface area contributed by atoms with Crippen LogP contribution in [0.5, 0.6) is 0 Å². The third-order valence-corrected chi connectivity index (χ3v) is 8.82. The Hall–Kier alpha value is -3.65. The van der Waals surface area contributed by atoms with Gasteiger partial charge in [0.25, 0.3) is 0 Å². The predicted octanol–water partition coefficient (Wildman–Crippen LogP) is 6.10. The van der Waals surface area contributed by atoms with Crippen molar-refractivity contribution < 1.29 is 17.4 Å². The molecule has 0 atom stereocenters. The van der Waals surface area contributed by atoms with Gasteiger partial charge in [-0.05, 0) is 61.9 Å². The van der Waals surface area contributed by atoms with E-state index in [1.54, 1.807) is 19.1 Å². The molecule has 36 heavy (non-hydrogen) atoms. The molecule has 0 N–H and O–H groups in total. The topological polar surface area (TPSA) is 87.4 Å². The van der Waals surface area contributed by atoms with Gasteiger partial charge in [0.15, 0.2) is 14.7 Å².